The summed E-state index contributed by atoms with van der Waals surface area (Å²) < 4.78 is 60.0. The van der Waals surface area contributed by atoms with Crippen LogP contribution in [0.15, 0.2) is 41.3 Å². The maximum atomic E-state index is 14.0. The van der Waals surface area contributed by atoms with Gasteiger partial charge in [0.15, 0.2) is 0 Å². The molecule has 2 N–H and O–H groups in total. The predicted molar refractivity (Wildman–Crippen MR) is 108 cm³/mol. The molecule has 1 aliphatic carbocycles. The molecule has 11 heteroatoms. The summed E-state index contributed by atoms with van der Waals surface area (Å²) in [6, 6.07) is 4.98. The Morgan fingerprint density at radius 3 is 2.59 bits per heavy atom. The fourth-order valence-electron chi connectivity index (χ4n) is 3.52. The number of carbonyl (C=O) groups excluding carboxylic acids is 1. The summed E-state index contributed by atoms with van der Waals surface area (Å²) in [6.45, 7) is 0. The molecular weight excluding hydrogens is 454 g/mol. The number of H-pyrrole nitrogens is 1. The van der Waals surface area contributed by atoms with Crippen molar-refractivity contribution in [2.24, 2.45) is 0 Å². The van der Waals surface area contributed by atoms with Crippen LogP contribution in [-0.4, -0.2) is 16.1 Å². The number of rotatable bonds is 4. The van der Waals surface area contributed by atoms with E-state index < -0.39 is 39.8 Å². The van der Waals surface area contributed by atoms with Crippen molar-refractivity contribution in [3.63, 3.8) is 0 Å². The Labute approximate surface area is 183 Å². The first-order chi connectivity index (χ1) is 15.1. The van der Waals surface area contributed by atoms with E-state index in [-0.39, 0.29) is 17.0 Å². The van der Waals surface area contributed by atoms with Crippen LogP contribution >= 0.6 is 11.6 Å². The summed E-state index contributed by atoms with van der Waals surface area (Å²) in [5, 5.41) is 7.34. The van der Waals surface area contributed by atoms with Gasteiger partial charge in [0.2, 0.25) is 0 Å². The Morgan fingerprint density at radius 1 is 1.12 bits per heavy atom. The molecule has 0 aliphatic heterocycles. The topological polar surface area (TPSA) is 84.1 Å². The Bertz CT molecular complexity index is 1270. The molecule has 32 heavy (non-hydrogen) atoms. The quantitative estimate of drug-likeness (QED) is 0.522. The van der Waals surface area contributed by atoms with Crippen LogP contribution in [0.4, 0.5) is 23.2 Å². The monoisotopic (exact) mass is 467 g/mol. The van der Waals surface area contributed by atoms with Gasteiger partial charge in [0.25, 0.3) is 11.5 Å². The molecule has 1 amide bonds. The minimum Gasteiger partial charge on any atom is -0.456 e. The lowest BCUT2D eigenvalue weighted by Crippen LogP contribution is -2.17. The smallest absolute Gasteiger partial charge is 0.417 e. The fourth-order valence-corrected chi connectivity index (χ4v) is 3.79. The minimum atomic E-state index is -4.80. The highest BCUT2D eigenvalue weighted by Gasteiger charge is 2.35. The van der Waals surface area contributed by atoms with Crippen molar-refractivity contribution in [3.8, 4) is 11.5 Å². The van der Waals surface area contributed by atoms with E-state index in [1.54, 1.807) is 0 Å². The molecule has 2 aromatic carbocycles. The molecule has 0 spiro atoms. The number of nitrogens with zero attached hydrogens (tertiary/aromatic N) is 1. The van der Waals surface area contributed by atoms with Gasteiger partial charge < -0.3 is 10.1 Å². The van der Waals surface area contributed by atoms with Crippen LogP contribution in [0, 0.1) is 5.82 Å². The van der Waals surface area contributed by atoms with Crippen LogP contribution in [0.3, 0.4) is 0 Å². The lowest BCUT2D eigenvalue weighted by Gasteiger charge is -2.17. The summed E-state index contributed by atoms with van der Waals surface area (Å²) in [4.78, 5) is 24.2. The number of hydrogen-bond acceptors (Lipinski definition) is 4. The van der Waals surface area contributed by atoms with E-state index in [9.17, 15) is 27.2 Å². The molecule has 0 saturated heterocycles. The average molecular weight is 468 g/mol. The zero-order valence-electron chi connectivity index (χ0n) is 16.1. The average Bonchev–Trinajstić information content (AvgIpc) is 3.21. The summed E-state index contributed by atoms with van der Waals surface area (Å²) in [5.41, 5.74) is -1.09. The first kappa shape index (κ1) is 21.8. The number of ether oxygens (including phenoxy) is 1. The van der Waals surface area contributed by atoms with E-state index in [0.717, 1.165) is 18.3 Å². The lowest BCUT2D eigenvalue weighted by molar-refractivity contribution is -0.137. The molecule has 0 saturated carbocycles. The van der Waals surface area contributed by atoms with Gasteiger partial charge in [-0.1, -0.05) is 11.6 Å². The maximum absolute atomic E-state index is 14.0. The number of aromatic amines is 1. The Morgan fingerprint density at radius 2 is 1.88 bits per heavy atom. The van der Waals surface area contributed by atoms with Crippen molar-refractivity contribution in [1.29, 1.82) is 0 Å². The van der Waals surface area contributed by atoms with Gasteiger partial charge in [-0.3, -0.25) is 9.59 Å². The molecule has 0 atom stereocenters. The van der Waals surface area contributed by atoms with Crippen molar-refractivity contribution >= 4 is 23.2 Å². The molecule has 1 aromatic heterocycles. The van der Waals surface area contributed by atoms with Gasteiger partial charge in [0.1, 0.15) is 17.3 Å². The second kappa shape index (κ2) is 8.27. The van der Waals surface area contributed by atoms with Crippen molar-refractivity contribution < 1.29 is 27.1 Å². The Balaban J connectivity index is 1.78. The highest BCUT2D eigenvalue weighted by Crippen LogP contribution is 2.41. The molecule has 4 rings (SSSR count). The van der Waals surface area contributed by atoms with E-state index in [2.05, 4.69) is 15.5 Å². The van der Waals surface area contributed by atoms with Crippen LogP contribution in [0.2, 0.25) is 5.02 Å². The van der Waals surface area contributed by atoms with Gasteiger partial charge >= 0.3 is 6.18 Å². The van der Waals surface area contributed by atoms with Crippen LogP contribution in [-0.2, 0) is 19.0 Å². The van der Waals surface area contributed by atoms with Crippen molar-refractivity contribution in [2.45, 2.75) is 25.4 Å². The van der Waals surface area contributed by atoms with Gasteiger partial charge in [-0.25, -0.2) is 9.49 Å². The molecular formula is C21H14ClF4N3O3. The van der Waals surface area contributed by atoms with Crippen LogP contribution in [0.5, 0.6) is 11.5 Å². The molecule has 0 bridgehead atoms. The standard InChI is InChI=1S/C21H14ClF4N3O3/c22-15-7-13(20(31)28-10-6-19(30)29-27-9-10)18(8-14(15)21(24,25)26)32-17-5-4-16(23)11-2-1-3-12(11)17/h4-9H,1-3H2,(H2,28,29,30,31). The SMILES string of the molecule is O=C(Nc1cn[nH]c(=O)c1)c1cc(Cl)c(C(F)(F)F)cc1Oc1ccc(F)c2c1CCC2. The van der Waals surface area contributed by atoms with Crippen molar-refractivity contribution in [2.75, 3.05) is 5.32 Å². The van der Waals surface area contributed by atoms with Gasteiger partial charge in [-0.05, 0) is 49.1 Å². The van der Waals surface area contributed by atoms with Gasteiger partial charge in [0.05, 0.1) is 28.0 Å². The molecule has 1 heterocycles. The number of fused-ring (bicyclic) bond motifs is 1. The van der Waals surface area contributed by atoms with Crippen LogP contribution < -0.4 is 15.6 Å². The number of aromatic nitrogens is 2. The summed E-state index contributed by atoms with van der Waals surface area (Å²) in [5.74, 6) is -1.56. The highest BCUT2D eigenvalue weighted by atomic mass is 35.5. The number of nitrogens with one attached hydrogen (secondary N) is 2. The van der Waals surface area contributed by atoms with E-state index in [1.165, 1.54) is 12.1 Å². The number of benzene rings is 2. The molecule has 3 aromatic rings. The van der Waals surface area contributed by atoms with Crippen molar-refractivity contribution in [1.82, 2.24) is 10.2 Å². The number of alkyl halides is 3. The minimum absolute atomic E-state index is 0.0170. The second-order valence-corrected chi connectivity index (χ2v) is 7.48. The number of carbonyl (C=O) groups is 1. The number of amides is 1. The molecule has 0 fully saturated rings. The third-order valence-electron chi connectivity index (χ3n) is 4.95. The van der Waals surface area contributed by atoms with Crippen LogP contribution in [0.25, 0.3) is 0 Å². The number of hydrogen-bond donors (Lipinski definition) is 2. The normalized spacial score (nSPS) is 13.0. The van der Waals surface area contributed by atoms with Gasteiger partial charge in [-0.15, -0.1) is 0 Å². The van der Waals surface area contributed by atoms with Crippen molar-refractivity contribution in [3.05, 3.63) is 80.0 Å². The van der Waals surface area contributed by atoms with Crippen LogP contribution in [0.1, 0.15) is 33.5 Å². The van der Waals surface area contributed by atoms with E-state index in [1.807, 2.05) is 0 Å². The molecule has 1 aliphatic rings. The van der Waals surface area contributed by atoms with E-state index >= 15 is 0 Å². The maximum Gasteiger partial charge on any atom is 0.417 e. The Kier molecular flexibility index (Phi) is 5.64. The number of anilines is 1. The fraction of sp³-hybridized carbons (Fsp3) is 0.190. The third-order valence-corrected chi connectivity index (χ3v) is 5.26. The second-order valence-electron chi connectivity index (χ2n) is 7.07. The zero-order valence-corrected chi connectivity index (χ0v) is 16.9. The molecule has 0 radical (unpaired) electrons. The summed E-state index contributed by atoms with van der Waals surface area (Å²) in [7, 11) is 0. The molecule has 0 unspecified atom stereocenters. The third kappa shape index (κ3) is 4.31. The largest absolute Gasteiger partial charge is 0.456 e. The highest BCUT2D eigenvalue weighted by molar-refractivity contribution is 6.32. The first-order valence-corrected chi connectivity index (χ1v) is 9.76. The number of halogens is 5. The first-order valence-electron chi connectivity index (χ1n) is 9.38. The predicted octanol–water partition coefficient (Wildman–Crippen LogP) is 5.11. The molecule has 6 nitrogen and oxygen atoms in total. The van der Waals surface area contributed by atoms with Gasteiger partial charge in [0, 0.05) is 11.6 Å². The van der Waals surface area contributed by atoms with E-state index in [4.69, 9.17) is 16.3 Å². The molecule has 166 valence electrons. The summed E-state index contributed by atoms with van der Waals surface area (Å²) >= 11 is 5.80. The van der Waals surface area contributed by atoms with Gasteiger partial charge in [-0.2, -0.15) is 18.3 Å². The van der Waals surface area contributed by atoms with E-state index in [0.29, 0.717) is 36.5 Å². The zero-order chi connectivity index (χ0) is 23.0. The summed E-state index contributed by atoms with van der Waals surface area (Å²) in [6.07, 6.45) is -2.01. The Hall–Kier alpha value is -3.40. The lowest BCUT2D eigenvalue weighted by atomic mass is 10.1.